The van der Waals surface area contributed by atoms with Crippen LogP contribution in [0.4, 0.5) is 0 Å². The topological polar surface area (TPSA) is 75.0 Å². The van der Waals surface area contributed by atoms with Crippen molar-refractivity contribution in [3.05, 3.63) is 59.0 Å². The molecule has 0 spiro atoms. The van der Waals surface area contributed by atoms with Gasteiger partial charge in [-0.3, -0.25) is 0 Å². The quantitative estimate of drug-likeness (QED) is 0.764. The summed E-state index contributed by atoms with van der Waals surface area (Å²) in [4.78, 5) is 23.5. The first-order valence-electron chi connectivity index (χ1n) is 6.55. The highest BCUT2D eigenvalue weighted by atomic mass is 16.5. The number of ether oxygens (including phenoxy) is 3. The van der Waals surface area contributed by atoms with Crippen LogP contribution >= 0.6 is 0 Å². The van der Waals surface area contributed by atoms with Crippen LogP contribution in [-0.4, -0.2) is 26.2 Å². The fourth-order valence-electron chi connectivity index (χ4n) is 1.90. The van der Waals surface area contributed by atoms with E-state index in [-0.39, 0.29) is 12.4 Å². The summed E-state index contributed by atoms with van der Waals surface area (Å²) in [7, 11) is 2.83. The summed E-state index contributed by atoms with van der Waals surface area (Å²) in [5, 5.41) is 0. The average Bonchev–Trinajstić information content (AvgIpc) is 3.01. The maximum Gasteiger partial charge on any atom is 0.374 e. The zero-order valence-electron chi connectivity index (χ0n) is 12.3. The molecule has 2 rings (SSSR count). The van der Waals surface area contributed by atoms with Gasteiger partial charge in [0.25, 0.3) is 0 Å². The summed E-state index contributed by atoms with van der Waals surface area (Å²) < 4.78 is 19.8. The molecule has 0 unspecified atom stereocenters. The summed E-state index contributed by atoms with van der Waals surface area (Å²) in [6.45, 7) is 0.337. The largest absolute Gasteiger partial charge is 0.463 e. The summed E-state index contributed by atoms with van der Waals surface area (Å²) in [5.41, 5.74) is 1.74. The van der Waals surface area contributed by atoms with Gasteiger partial charge in [-0.05, 0) is 23.8 Å². The highest BCUT2D eigenvalue weighted by Gasteiger charge is 2.17. The van der Waals surface area contributed by atoms with Crippen LogP contribution in [0.3, 0.4) is 0 Å². The third-order valence-corrected chi connectivity index (χ3v) is 2.95. The van der Waals surface area contributed by atoms with Crippen LogP contribution in [-0.2, 0) is 27.4 Å². The lowest BCUT2D eigenvalue weighted by atomic mass is 10.1. The normalized spacial score (nSPS) is 10.3. The van der Waals surface area contributed by atoms with Crippen LogP contribution in [0.25, 0.3) is 0 Å². The highest BCUT2D eigenvalue weighted by molar-refractivity contribution is 5.90. The number of benzene rings is 1. The first kappa shape index (κ1) is 15.8. The van der Waals surface area contributed by atoms with E-state index < -0.39 is 11.9 Å². The van der Waals surface area contributed by atoms with E-state index in [9.17, 15) is 9.59 Å². The van der Waals surface area contributed by atoms with Gasteiger partial charge in [-0.15, -0.1) is 0 Å². The summed E-state index contributed by atoms with van der Waals surface area (Å²) in [5.74, 6) is -1.07. The van der Waals surface area contributed by atoms with Gasteiger partial charge in [0.05, 0.1) is 25.5 Å². The number of methoxy groups -OCH3 is 2. The van der Waals surface area contributed by atoms with Gasteiger partial charge in [0, 0.05) is 12.7 Å². The van der Waals surface area contributed by atoms with Crippen LogP contribution in [0.15, 0.2) is 41.0 Å². The molecule has 2 aromatic rings. The van der Waals surface area contributed by atoms with Crippen LogP contribution in [0.2, 0.25) is 0 Å². The number of hydrogen-bond donors (Lipinski definition) is 0. The molecule has 0 aliphatic carbocycles. The molecule has 6 nitrogen and oxygen atoms in total. The molecule has 6 heteroatoms. The van der Waals surface area contributed by atoms with Gasteiger partial charge in [-0.1, -0.05) is 12.1 Å². The molecule has 1 aromatic heterocycles. The third kappa shape index (κ3) is 3.73. The van der Waals surface area contributed by atoms with Gasteiger partial charge in [0.2, 0.25) is 5.76 Å². The smallest absolute Gasteiger partial charge is 0.374 e. The number of esters is 2. The minimum atomic E-state index is -0.613. The van der Waals surface area contributed by atoms with Crippen LogP contribution in [0.5, 0.6) is 0 Å². The Morgan fingerprint density at radius 3 is 2.64 bits per heavy atom. The van der Waals surface area contributed by atoms with Gasteiger partial charge in [0.1, 0.15) is 6.61 Å². The minimum Gasteiger partial charge on any atom is -0.463 e. The standard InChI is InChI=1S/C16H16O6/c1-19-9-11-4-3-5-12(8-11)15(17)22-10-13-6-7-21-14(13)16(18)20-2/h3-8H,9-10H2,1-2H3. The van der Waals surface area contributed by atoms with Crippen LogP contribution < -0.4 is 0 Å². The Balaban J connectivity index is 2.03. The van der Waals surface area contributed by atoms with E-state index in [2.05, 4.69) is 4.74 Å². The van der Waals surface area contributed by atoms with E-state index in [1.54, 1.807) is 31.4 Å². The summed E-state index contributed by atoms with van der Waals surface area (Å²) in [6, 6.07) is 8.51. The Hall–Kier alpha value is -2.60. The summed E-state index contributed by atoms with van der Waals surface area (Å²) >= 11 is 0. The Morgan fingerprint density at radius 1 is 1.09 bits per heavy atom. The summed E-state index contributed by atoms with van der Waals surface area (Å²) in [6.07, 6.45) is 1.34. The number of furan rings is 1. The average molecular weight is 304 g/mol. The first-order valence-corrected chi connectivity index (χ1v) is 6.55. The van der Waals surface area contributed by atoms with Gasteiger partial charge >= 0.3 is 11.9 Å². The van der Waals surface area contributed by atoms with Crippen molar-refractivity contribution >= 4 is 11.9 Å². The fourth-order valence-corrected chi connectivity index (χ4v) is 1.90. The monoisotopic (exact) mass is 304 g/mol. The van der Waals surface area contributed by atoms with E-state index in [1.807, 2.05) is 6.07 Å². The maximum absolute atomic E-state index is 12.0. The van der Waals surface area contributed by atoms with Crippen molar-refractivity contribution < 1.29 is 28.2 Å². The molecule has 116 valence electrons. The second kappa shape index (κ2) is 7.42. The maximum atomic E-state index is 12.0. The third-order valence-electron chi connectivity index (χ3n) is 2.95. The Labute approximate surface area is 127 Å². The zero-order chi connectivity index (χ0) is 15.9. The predicted octanol–water partition coefficient (Wildman–Crippen LogP) is 2.57. The van der Waals surface area contributed by atoms with Crippen molar-refractivity contribution in [2.24, 2.45) is 0 Å². The molecule has 0 N–H and O–H groups in total. The molecule has 0 fully saturated rings. The lowest BCUT2D eigenvalue weighted by Gasteiger charge is -2.06. The zero-order valence-corrected chi connectivity index (χ0v) is 12.3. The molecule has 0 atom stereocenters. The molecular formula is C16H16O6. The minimum absolute atomic E-state index is 0.0310. The van der Waals surface area contributed by atoms with Crippen molar-refractivity contribution in [1.82, 2.24) is 0 Å². The Bertz CT molecular complexity index is 658. The molecule has 0 saturated carbocycles. The van der Waals surface area contributed by atoms with Gasteiger partial charge in [0.15, 0.2) is 0 Å². The highest BCUT2D eigenvalue weighted by Crippen LogP contribution is 2.15. The lowest BCUT2D eigenvalue weighted by Crippen LogP contribution is -2.08. The van der Waals surface area contributed by atoms with Crippen molar-refractivity contribution in [2.45, 2.75) is 13.2 Å². The molecule has 1 aromatic carbocycles. The SMILES string of the molecule is COCc1cccc(C(=O)OCc2ccoc2C(=O)OC)c1. The number of carbonyl (C=O) groups excluding carboxylic acids is 2. The Kier molecular flexibility index (Phi) is 5.32. The van der Waals surface area contributed by atoms with Gasteiger partial charge in [-0.25, -0.2) is 9.59 Å². The van der Waals surface area contributed by atoms with E-state index in [0.29, 0.717) is 17.7 Å². The number of hydrogen-bond acceptors (Lipinski definition) is 6. The molecule has 0 amide bonds. The van der Waals surface area contributed by atoms with Crippen molar-refractivity contribution in [2.75, 3.05) is 14.2 Å². The lowest BCUT2D eigenvalue weighted by molar-refractivity contribution is 0.0453. The van der Waals surface area contributed by atoms with Crippen molar-refractivity contribution in [3.63, 3.8) is 0 Å². The molecule has 0 saturated heterocycles. The number of rotatable bonds is 6. The van der Waals surface area contributed by atoms with Crippen molar-refractivity contribution in [3.8, 4) is 0 Å². The molecule has 1 heterocycles. The van der Waals surface area contributed by atoms with E-state index in [1.165, 1.54) is 13.4 Å². The van der Waals surface area contributed by atoms with Crippen LogP contribution in [0.1, 0.15) is 32.0 Å². The van der Waals surface area contributed by atoms with E-state index >= 15 is 0 Å². The van der Waals surface area contributed by atoms with E-state index in [4.69, 9.17) is 13.9 Å². The molecule has 0 aliphatic rings. The van der Waals surface area contributed by atoms with Crippen molar-refractivity contribution in [1.29, 1.82) is 0 Å². The molecule has 0 bridgehead atoms. The first-order chi connectivity index (χ1) is 10.7. The Morgan fingerprint density at radius 2 is 1.91 bits per heavy atom. The molecule has 0 aliphatic heterocycles. The van der Waals surface area contributed by atoms with E-state index in [0.717, 1.165) is 5.56 Å². The van der Waals surface area contributed by atoms with Gasteiger partial charge < -0.3 is 18.6 Å². The predicted molar refractivity (Wildman–Crippen MR) is 76.3 cm³/mol. The fraction of sp³-hybridized carbons (Fsp3) is 0.250. The van der Waals surface area contributed by atoms with Gasteiger partial charge in [-0.2, -0.15) is 0 Å². The molecule has 0 radical (unpaired) electrons. The molecule has 22 heavy (non-hydrogen) atoms. The second-order valence-electron chi connectivity index (χ2n) is 4.48. The van der Waals surface area contributed by atoms with Crippen LogP contribution in [0, 0.1) is 0 Å². The molecular weight excluding hydrogens is 288 g/mol. The number of carbonyl (C=O) groups is 2. The second-order valence-corrected chi connectivity index (χ2v) is 4.48.